The molecule has 0 N–H and O–H groups in total. The summed E-state index contributed by atoms with van der Waals surface area (Å²) in [7, 11) is -4.01. The zero-order valence-corrected chi connectivity index (χ0v) is 14.3. The molecule has 0 amide bonds. The van der Waals surface area contributed by atoms with Gasteiger partial charge in [0, 0.05) is 10.4 Å². The van der Waals surface area contributed by atoms with Crippen LogP contribution in [0.1, 0.15) is 0 Å². The third kappa shape index (κ3) is 2.62. The molecule has 0 atom stereocenters. The molecule has 0 aliphatic heterocycles. The molecule has 1 heterocycles. The van der Waals surface area contributed by atoms with Crippen LogP contribution in [0, 0.1) is 0 Å². The fourth-order valence-electron chi connectivity index (χ4n) is 2.78. The highest BCUT2D eigenvalue weighted by Crippen LogP contribution is 2.28. The van der Waals surface area contributed by atoms with Gasteiger partial charge in [0.15, 0.2) is 4.90 Å². The molecule has 25 heavy (non-hydrogen) atoms. The Morgan fingerprint density at radius 3 is 2.32 bits per heavy atom. The summed E-state index contributed by atoms with van der Waals surface area (Å²) >= 11 is 5.81. The van der Waals surface area contributed by atoms with Crippen molar-refractivity contribution in [2.75, 3.05) is 0 Å². The maximum Gasteiger partial charge on any atom is 0.355 e. The number of fused-ring (bicyclic) bond motifs is 3. The van der Waals surface area contributed by atoms with Crippen LogP contribution in [0.4, 0.5) is 0 Å². The van der Waals surface area contributed by atoms with Gasteiger partial charge in [0.05, 0.1) is 4.90 Å². The van der Waals surface area contributed by atoms with Crippen LogP contribution in [0.2, 0.25) is 5.02 Å². The number of benzene rings is 3. The van der Waals surface area contributed by atoms with Gasteiger partial charge < -0.3 is 4.42 Å². The van der Waals surface area contributed by atoms with E-state index in [1.807, 2.05) is 30.3 Å². The normalized spacial score (nSPS) is 11.9. The lowest BCUT2D eigenvalue weighted by Crippen LogP contribution is -2.14. The topological polar surface area (TPSA) is 64.3 Å². The monoisotopic (exact) mass is 370 g/mol. The van der Waals surface area contributed by atoms with Gasteiger partial charge in [-0.3, -0.25) is 0 Å². The maximum atomic E-state index is 12.8. The standard InChI is InChI=1S/C19H11ClO4S/c20-13-6-8-14(9-7-13)25(22,23)18-11-16-15-4-2-1-3-12(15)5-10-17(16)24-19(18)21/h1-11H. The Hall–Kier alpha value is -2.63. The fourth-order valence-corrected chi connectivity index (χ4v) is 4.19. The van der Waals surface area contributed by atoms with Crippen LogP contribution in [0.3, 0.4) is 0 Å². The first-order valence-corrected chi connectivity index (χ1v) is 9.29. The summed E-state index contributed by atoms with van der Waals surface area (Å²) in [5, 5.41) is 2.73. The number of hydrogen-bond donors (Lipinski definition) is 0. The largest absolute Gasteiger partial charge is 0.422 e. The first-order chi connectivity index (χ1) is 12.0. The van der Waals surface area contributed by atoms with Crippen LogP contribution in [-0.2, 0) is 9.84 Å². The van der Waals surface area contributed by atoms with Crippen LogP contribution in [0.5, 0.6) is 0 Å². The summed E-state index contributed by atoms with van der Waals surface area (Å²) in [6.45, 7) is 0. The van der Waals surface area contributed by atoms with Gasteiger partial charge in [0.25, 0.3) is 0 Å². The summed E-state index contributed by atoms with van der Waals surface area (Å²) in [4.78, 5) is 11.9. The molecular formula is C19H11ClO4S. The Balaban J connectivity index is 2.04. The van der Waals surface area contributed by atoms with E-state index in [9.17, 15) is 13.2 Å². The molecule has 0 bridgehead atoms. The Morgan fingerprint density at radius 1 is 0.840 bits per heavy atom. The average Bonchev–Trinajstić information content (AvgIpc) is 2.61. The lowest BCUT2D eigenvalue weighted by Gasteiger charge is -2.07. The van der Waals surface area contributed by atoms with Gasteiger partial charge in [0.1, 0.15) is 5.58 Å². The quantitative estimate of drug-likeness (QED) is 0.386. The molecule has 0 radical (unpaired) electrons. The maximum absolute atomic E-state index is 12.8. The molecule has 4 aromatic rings. The molecule has 0 fully saturated rings. The van der Waals surface area contributed by atoms with Crippen molar-refractivity contribution in [2.45, 2.75) is 9.79 Å². The predicted octanol–water partition coefficient (Wildman–Crippen LogP) is 4.43. The van der Waals surface area contributed by atoms with Gasteiger partial charge in [-0.2, -0.15) is 0 Å². The SMILES string of the molecule is O=c1oc2ccc3ccccc3c2cc1S(=O)(=O)c1ccc(Cl)cc1. The zero-order chi connectivity index (χ0) is 17.6. The summed E-state index contributed by atoms with van der Waals surface area (Å²) in [5.41, 5.74) is -0.545. The Bertz CT molecular complexity index is 1270. The number of sulfone groups is 1. The Kier molecular flexibility index (Phi) is 3.63. The van der Waals surface area contributed by atoms with Crippen molar-refractivity contribution in [3.8, 4) is 0 Å². The molecule has 0 saturated heterocycles. The van der Waals surface area contributed by atoms with Crippen LogP contribution in [-0.4, -0.2) is 8.42 Å². The third-order valence-electron chi connectivity index (χ3n) is 4.02. The van der Waals surface area contributed by atoms with Gasteiger partial charge in [0.2, 0.25) is 9.84 Å². The summed E-state index contributed by atoms with van der Waals surface area (Å²) in [5.74, 6) is 0. The highest BCUT2D eigenvalue weighted by atomic mass is 35.5. The van der Waals surface area contributed by atoms with Crippen molar-refractivity contribution in [3.05, 3.63) is 82.2 Å². The first-order valence-electron chi connectivity index (χ1n) is 7.43. The van der Waals surface area contributed by atoms with Gasteiger partial charge in [-0.1, -0.05) is 41.9 Å². The van der Waals surface area contributed by atoms with Crippen LogP contribution in [0.15, 0.2) is 85.7 Å². The van der Waals surface area contributed by atoms with E-state index >= 15 is 0 Å². The highest BCUT2D eigenvalue weighted by Gasteiger charge is 2.23. The fraction of sp³-hybridized carbons (Fsp3) is 0. The molecule has 0 aliphatic carbocycles. The smallest absolute Gasteiger partial charge is 0.355 e. The number of rotatable bonds is 2. The molecule has 4 rings (SSSR count). The van der Waals surface area contributed by atoms with E-state index in [4.69, 9.17) is 16.0 Å². The van der Waals surface area contributed by atoms with Crippen molar-refractivity contribution >= 4 is 43.2 Å². The van der Waals surface area contributed by atoms with Crippen molar-refractivity contribution in [2.24, 2.45) is 0 Å². The van der Waals surface area contributed by atoms with Crippen molar-refractivity contribution in [3.63, 3.8) is 0 Å². The van der Waals surface area contributed by atoms with E-state index in [1.165, 1.54) is 30.3 Å². The lowest BCUT2D eigenvalue weighted by atomic mass is 10.1. The zero-order valence-electron chi connectivity index (χ0n) is 12.8. The lowest BCUT2D eigenvalue weighted by molar-refractivity contribution is 0.533. The van der Waals surface area contributed by atoms with E-state index in [0.717, 1.165) is 10.8 Å². The third-order valence-corrected chi connectivity index (χ3v) is 6.03. The summed E-state index contributed by atoms with van der Waals surface area (Å²) < 4.78 is 31.0. The van der Waals surface area contributed by atoms with Crippen LogP contribution >= 0.6 is 11.6 Å². The minimum absolute atomic E-state index is 0.0104. The van der Waals surface area contributed by atoms with E-state index in [2.05, 4.69) is 0 Å². The van der Waals surface area contributed by atoms with Gasteiger partial charge >= 0.3 is 5.63 Å². The summed E-state index contributed by atoms with van der Waals surface area (Å²) in [6.07, 6.45) is 0. The molecule has 6 heteroatoms. The molecule has 0 unspecified atom stereocenters. The Morgan fingerprint density at radius 2 is 1.56 bits per heavy atom. The van der Waals surface area contributed by atoms with E-state index in [1.54, 1.807) is 6.07 Å². The van der Waals surface area contributed by atoms with Crippen LogP contribution < -0.4 is 5.63 Å². The molecule has 0 saturated carbocycles. The minimum atomic E-state index is -4.01. The molecule has 124 valence electrons. The van der Waals surface area contributed by atoms with Crippen LogP contribution in [0.25, 0.3) is 21.7 Å². The molecule has 3 aromatic carbocycles. The summed E-state index contributed by atoms with van der Waals surface area (Å²) in [6, 6.07) is 18.0. The molecule has 4 nitrogen and oxygen atoms in total. The second kappa shape index (κ2) is 5.72. The second-order valence-corrected chi connectivity index (χ2v) is 7.91. The van der Waals surface area contributed by atoms with E-state index < -0.39 is 20.4 Å². The van der Waals surface area contributed by atoms with Crippen molar-refractivity contribution < 1.29 is 12.8 Å². The number of hydrogen-bond acceptors (Lipinski definition) is 4. The molecule has 0 aliphatic rings. The predicted molar refractivity (Wildman–Crippen MR) is 96.9 cm³/mol. The van der Waals surface area contributed by atoms with E-state index in [0.29, 0.717) is 16.0 Å². The second-order valence-electron chi connectivity index (χ2n) is 5.55. The highest BCUT2D eigenvalue weighted by molar-refractivity contribution is 7.91. The van der Waals surface area contributed by atoms with Gasteiger partial charge in [-0.15, -0.1) is 0 Å². The van der Waals surface area contributed by atoms with E-state index in [-0.39, 0.29) is 4.90 Å². The Labute approximate surface area is 148 Å². The first kappa shape index (κ1) is 15.9. The molecule has 0 spiro atoms. The van der Waals surface area contributed by atoms with Crippen molar-refractivity contribution in [1.29, 1.82) is 0 Å². The van der Waals surface area contributed by atoms with Gasteiger partial charge in [-0.05, 0) is 47.2 Å². The number of halogens is 1. The molecular weight excluding hydrogens is 360 g/mol. The molecule has 1 aromatic heterocycles. The minimum Gasteiger partial charge on any atom is -0.422 e. The average molecular weight is 371 g/mol. The van der Waals surface area contributed by atoms with Gasteiger partial charge in [-0.25, -0.2) is 13.2 Å². The van der Waals surface area contributed by atoms with Crippen molar-refractivity contribution in [1.82, 2.24) is 0 Å².